The highest BCUT2D eigenvalue weighted by atomic mass is 35.5. The normalized spacial score (nSPS) is 13.8. The van der Waals surface area contributed by atoms with Crippen molar-refractivity contribution >= 4 is 50.1 Å². The summed E-state index contributed by atoms with van der Waals surface area (Å²) in [6.07, 6.45) is 2.86. The van der Waals surface area contributed by atoms with Gasteiger partial charge in [0, 0.05) is 36.5 Å². The van der Waals surface area contributed by atoms with E-state index in [2.05, 4.69) is 4.98 Å². The predicted molar refractivity (Wildman–Crippen MR) is 133 cm³/mol. The Morgan fingerprint density at radius 1 is 1.06 bits per heavy atom. The van der Waals surface area contributed by atoms with Gasteiger partial charge in [0.05, 0.1) is 31.3 Å². The molecule has 2 aromatic heterocycles. The first-order valence-corrected chi connectivity index (χ1v) is 12.5. The number of nitrogens with zero attached hydrogens (tertiary/aromatic N) is 4. The van der Waals surface area contributed by atoms with Crippen LogP contribution in [0.1, 0.15) is 5.56 Å². The third-order valence-corrected chi connectivity index (χ3v) is 8.08. The fourth-order valence-corrected chi connectivity index (χ4v) is 5.94. The zero-order valence-electron chi connectivity index (χ0n) is 19.4. The van der Waals surface area contributed by atoms with Gasteiger partial charge in [-0.25, -0.2) is 26.6 Å². The van der Waals surface area contributed by atoms with Gasteiger partial charge in [0.15, 0.2) is 17.2 Å². The molecular formula is C24H20ClFN4O5S. The van der Waals surface area contributed by atoms with Crippen molar-refractivity contribution in [3.63, 3.8) is 0 Å². The quantitative estimate of drug-likeness (QED) is 0.372. The maximum atomic E-state index is 15.3. The van der Waals surface area contributed by atoms with Crippen molar-refractivity contribution in [2.45, 2.75) is 11.4 Å². The van der Waals surface area contributed by atoms with Gasteiger partial charge >= 0.3 is 6.03 Å². The number of pyridine rings is 1. The number of carbonyl (C=O) groups excluding carboxylic acids is 1. The second-order valence-electron chi connectivity index (χ2n) is 7.98. The number of amides is 2. The molecule has 0 fully saturated rings. The average Bonchev–Trinajstić information content (AvgIpc) is 3.32. The zero-order chi connectivity index (χ0) is 25.8. The Hall–Kier alpha value is -3.83. The number of urea groups is 1. The Kier molecular flexibility index (Phi) is 5.76. The zero-order valence-corrected chi connectivity index (χ0v) is 21.0. The molecule has 0 atom stereocenters. The highest BCUT2D eigenvalue weighted by Crippen LogP contribution is 2.45. The lowest BCUT2D eigenvalue weighted by Gasteiger charge is -2.36. The van der Waals surface area contributed by atoms with Gasteiger partial charge in [-0.2, -0.15) is 0 Å². The van der Waals surface area contributed by atoms with E-state index in [1.807, 2.05) is 0 Å². The average molecular weight is 531 g/mol. The maximum absolute atomic E-state index is 15.3. The maximum Gasteiger partial charge on any atom is 0.329 e. The van der Waals surface area contributed by atoms with Gasteiger partial charge in [0.25, 0.3) is 10.0 Å². The molecule has 3 heterocycles. The Balaban J connectivity index is 1.65. The van der Waals surface area contributed by atoms with Gasteiger partial charge in [-0.1, -0.05) is 29.8 Å². The number of benzene rings is 2. The van der Waals surface area contributed by atoms with Crippen molar-refractivity contribution in [3.05, 3.63) is 71.3 Å². The molecule has 0 saturated carbocycles. The van der Waals surface area contributed by atoms with E-state index >= 15 is 4.39 Å². The molecule has 9 nitrogen and oxygen atoms in total. The summed E-state index contributed by atoms with van der Waals surface area (Å²) >= 11 is 6.40. The minimum atomic E-state index is -3.91. The topological polar surface area (TPSA) is 94.0 Å². The fraction of sp³-hybridized carbons (Fsp3) is 0.167. The first kappa shape index (κ1) is 23.9. The number of carbonyl (C=O) groups is 1. The second-order valence-corrected chi connectivity index (χ2v) is 10.2. The standard InChI is InChI=1S/C24H20ClFN4O5S/c1-28-21-14(13-29(24(28)31)22-19(25)17(34-2)11-18(35-3)20(22)26)12-27-23-16(21)9-10-30(23)36(32,33)15-7-5-4-6-8-15/h4-12H,13H2,1-3H3. The number of ether oxygens (including phenoxy) is 2. The van der Waals surface area contributed by atoms with Crippen LogP contribution in [0, 0.1) is 5.82 Å². The molecule has 0 spiro atoms. The first-order valence-electron chi connectivity index (χ1n) is 10.7. The van der Waals surface area contributed by atoms with Crippen LogP contribution in [0.4, 0.5) is 20.6 Å². The number of anilines is 2. The first-order chi connectivity index (χ1) is 17.2. The molecule has 186 valence electrons. The SMILES string of the molecule is COc1cc(OC)c(Cl)c(N2Cc3cnc4c(ccn4S(=O)(=O)c4ccccc4)c3N(C)C2=O)c1F. The Labute approximate surface area is 211 Å². The molecule has 4 aromatic rings. The summed E-state index contributed by atoms with van der Waals surface area (Å²) in [5.41, 5.74) is 1.00. The second kappa shape index (κ2) is 8.68. The van der Waals surface area contributed by atoms with Gasteiger partial charge < -0.3 is 9.47 Å². The number of hydrogen-bond donors (Lipinski definition) is 0. The largest absolute Gasteiger partial charge is 0.495 e. The summed E-state index contributed by atoms with van der Waals surface area (Å²) < 4.78 is 53.1. The third-order valence-electron chi connectivity index (χ3n) is 6.03. The minimum absolute atomic E-state index is 0.0645. The van der Waals surface area contributed by atoms with E-state index in [4.69, 9.17) is 21.1 Å². The van der Waals surface area contributed by atoms with Crippen LogP contribution in [0.5, 0.6) is 11.5 Å². The van der Waals surface area contributed by atoms with E-state index in [0.717, 1.165) is 8.87 Å². The van der Waals surface area contributed by atoms with Crippen LogP contribution in [0.3, 0.4) is 0 Å². The predicted octanol–water partition coefficient (Wildman–Crippen LogP) is 4.66. The van der Waals surface area contributed by atoms with E-state index < -0.39 is 21.9 Å². The summed E-state index contributed by atoms with van der Waals surface area (Å²) in [4.78, 5) is 20.4. The minimum Gasteiger partial charge on any atom is -0.495 e. The lowest BCUT2D eigenvalue weighted by atomic mass is 10.1. The molecule has 0 bridgehead atoms. The molecular weight excluding hydrogens is 511 g/mol. The van der Waals surface area contributed by atoms with Crippen LogP contribution in [-0.2, 0) is 16.6 Å². The number of hydrogen-bond acceptors (Lipinski definition) is 6. The van der Waals surface area contributed by atoms with Crippen LogP contribution in [-0.4, -0.2) is 44.7 Å². The molecule has 12 heteroatoms. The van der Waals surface area contributed by atoms with E-state index in [9.17, 15) is 13.2 Å². The van der Waals surface area contributed by atoms with Crippen LogP contribution in [0.2, 0.25) is 5.02 Å². The molecule has 2 amide bonds. The summed E-state index contributed by atoms with van der Waals surface area (Å²) in [5, 5.41) is 0.368. The van der Waals surface area contributed by atoms with Crippen LogP contribution in [0.15, 0.2) is 59.8 Å². The van der Waals surface area contributed by atoms with Gasteiger partial charge in [0.2, 0.25) is 0 Å². The summed E-state index contributed by atoms with van der Waals surface area (Å²) in [7, 11) is 0.265. The van der Waals surface area contributed by atoms with Gasteiger partial charge in [0.1, 0.15) is 16.5 Å². The van der Waals surface area contributed by atoms with E-state index in [-0.39, 0.29) is 39.3 Å². The number of methoxy groups -OCH3 is 2. The number of halogens is 2. The summed E-state index contributed by atoms with van der Waals surface area (Å²) in [5.74, 6) is -0.810. The molecule has 1 aliphatic rings. The Morgan fingerprint density at radius 2 is 1.75 bits per heavy atom. The molecule has 0 unspecified atom stereocenters. The highest BCUT2D eigenvalue weighted by molar-refractivity contribution is 7.90. The molecule has 5 rings (SSSR count). The van der Waals surface area contributed by atoms with Crippen molar-refractivity contribution in [1.29, 1.82) is 0 Å². The fourth-order valence-electron chi connectivity index (χ4n) is 4.30. The highest BCUT2D eigenvalue weighted by Gasteiger charge is 2.36. The lowest BCUT2D eigenvalue weighted by Crippen LogP contribution is -2.46. The van der Waals surface area contributed by atoms with Crippen molar-refractivity contribution in [1.82, 2.24) is 8.96 Å². The van der Waals surface area contributed by atoms with Crippen molar-refractivity contribution < 1.29 is 27.1 Å². The van der Waals surface area contributed by atoms with Crippen LogP contribution >= 0.6 is 11.6 Å². The number of fused-ring (bicyclic) bond motifs is 3. The molecule has 0 radical (unpaired) electrons. The monoisotopic (exact) mass is 530 g/mol. The Morgan fingerprint density at radius 3 is 2.42 bits per heavy atom. The molecule has 0 aliphatic carbocycles. The van der Waals surface area contributed by atoms with Gasteiger partial charge in [-0.05, 0) is 18.2 Å². The molecule has 2 aromatic carbocycles. The van der Waals surface area contributed by atoms with Crippen molar-refractivity contribution in [2.24, 2.45) is 0 Å². The molecule has 1 aliphatic heterocycles. The van der Waals surface area contributed by atoms with E-state index in [1.54, 1.807) is 24.3 Å². The Bertz CT molecular complexity index is 1600. The number of rotatable bonds is 5. The smallest absolute Gasteiger partial charge is 0.329 e. The number of aromatic nitrogens is 2. The molecule has 0 N–H and O–H groups in total. The molecule has 36 heavy (non-hydrogen) atoms. The van der Waals surface area contributed by atoms with Crippen molar-refractivity contribution in [2.75, 3.05) is 31.1 Å². The van der Waals surface area contributed by atoms with E-state index in [1.165, 1.54) is 56.8 Å². The molecule has 0 saturated heterocycles. The van der Waals surface area contributed by atoms with Crippen LogP contribution in [0.25, 0.3) is 11.0 Å². The van der Waals surface area contributed by atoms with Crippen molar-refractivity contribution in [3.8, 4) is 11.5 Å². The lowest BCUT2D eigenvalue weighted by molar-refractivity contribution is 0.251. The summed E-state index contributed by atoms with van der Waals surface area (Å²) in [6.45, 7) is -0.0645. The van der Waals surface area contributed by atoms with Gasteiger partial charge in [-0.15, -0.1) is 0 Å². The van der Waals surface area contributed by atoms with Crippen LogP contribution < -0.4 is 19.3 Å². The summed E-state index contributed by atoms with van der Waals surface area (Å²) in [6, 6.07) is 10.3. The van der Waals surface area contributed by atoms with E-state index in [0.29, 0.717) is 16.6 Å². The van der Waals surface area contributed by atoms with Gasteiger partial charge in [-0.3, -0.25) is 9.80 Å². The third kappa shape index (κ3) is 3.46.